The summed E-state index contributed by atoms with van der Waals surface area (Å²) in [4.78, 5) is 31.7. The summed E-state index contributed by atoms with van der Waals surface area (Å²) in [7, 11) is 0. The van der Waals surface area contributed by atoms with Gasteiger partial charge in [0.1, 0.15) is 5.75 Å². The quantitative estimate of drug-likeness (QED) is 0.350. The number of carbonyl (C=O) groups is 2. The molecule has 0 saturated carbocycles. The number of amides is 2. The smallest absolute Gasteiger partial charge is 0.406 e. The number of pyridine rings is 1. The molecule has 0 aliphatic carbocycles. The van der Waals surface area contributed by atoms with Gasteiger partial charge in [0, 0.05) is 10.7 Å². The molecule has 2 aromatic heterocycles. The number of hydrogen-bond acceptors (Lipinski definition) is 5. The van der Waals surface area contributed by atoms with Crippen molar-refractivity contribution in [1.29, 1.82) is 0 Å². The topological polar surface area (TPSA) is 77.3 Å². The van der Waals surface area contributed by atoms with Crippen LogP contribution in [0.15, 0.2) is 59.2 Å². The highest BCUT2D eigenvalue weighted by Gasteiger charge is 2.40. The van der Waals surface area contributed by atoms with Crippen molar-refractivity contribution in [1.82, 2.24) is 14.8 Å². The van der Waals surface area contributed by atoms with Crippen molar-refractivity contribution >= 4 is 44.5 Å². The summed E-state index contributed by atoms with van der Waals surface area (Å²) in [5, 5.41) is 4.82. The number of nitrogens with zero attached hydrogens (tertiary/aromatic N) is 4. The molecule has 11 heteroatoms. The van der Waals surface area contributed by atoms with Crippen LogP contribution in [0.25, 0.3) is 16.7 Å². The van der Waals surface area contributed by atoms with Gasteiger partial charge in [-0.3, -0.25) is 9.59 Å². The molecule has 5 rings (SSSR count). The molecule has 166 valence electrons. The fourth-order valence-electron chi connectivity index (χ4n) is 3.75. The SMILES string of the molecule is Cc1nn(-c2ccc(OC(F)(F)F)cc2)c2ncc3c(c12)C(=O)N(c1ccc(Br)cc1)C3=O. The number of hydrogen-bond donors (Lipinski definition) is 0. The minimum Gasteiger partial charge on any atom is -0.406 e. The van der Waals surface area contributed by atoms with Gasteiger partial charge in [-0.25, -0.2) is 14.6 Å². The average molecular weight is 517 g/mol. The Morgan fingerprint density at radius 2 is 1.58 bits per heavy atom. The number of aromatic nitrogens is 3. The van der Waals surface area contributed by atoms with E-state index in [0.29, 0.717) is 28.1 Å². The molecule has 1 aliphatic heterocycles. The van der Waals surface area contributed by atoms with Crippen LogP contribution in [0.4, 0.5) is 18.9 Å². The van der Waals surface area contributed by atoms with E-state index in [0.717, 1.165) is 21.5 Å². The lowest BCUT2D eigenvalue weighted by atomic mass is 10.1. The zero-order valence-corrected chi connectivity index (χ0v) is 18.3. The number of imide groups is 1. The molecule has 0 saturated heterocycles. The van der Waals surface area contributed by atoms with Crippen LogP contribution in [-0.4, -0.2) is 32.9 Å². The first-order valence-corrected chi connectivity index (χ1v) is 10.3. The van der Waals surface area contributed by atoms with Gasteiger partial charge in [0.05, 0.1) is 33.6 Å². The number of rotatable bonds is 3. The number of ether oxygens (including phenoxy) is 1. The summed E-state index contributed by atoms with van der Waals surface area (Å²) < 4.78 is 43.4. The highest BCUT2D eigenvalue weighted by molar-refractivity contribution is 9.10. The number of alkyl halides is 3. The Hall–Kier alpha value is -3.73. The molecule has 3 heterocycles. The minimum atomic E-state index is -4.80. The second-order valence-electron chi connectivity index (χ2n) is 7.21. The fraction of sp³-hybridized carbons (Fsp3) is 0.0909. The zero-order chi connectivity index (χ0) is 23.5. The Morgan fingerprint density at radius 3 is 2.21 bits per heavy atom. The van der Waals surface area contributed by atoms with Crippen LogP contribution in [0.1, 0.15) is 26.4 Å². The maximum Gasteiger partial charge on any atom is 0.573 e. The molecule has 0 spiro atoms. The van der Waals surface area contributed by atoms with Crippen LogP contribution in [-0.2, 0) is 0 Å². The monoisotopic (exact) mass is 516 g/mol. The van der Waals surface area contributed by atoms with Crippen LogP contribution in [0.2, 0.25) is 0 Å². The molecule has 0 fully saturated rings. The van der Waals surface area contributed by atoms with Gasteiger partial charge in [-0.2, -0.15) is 5.10 Å². The highest BCUT2D eigenvalue weighted by atomic mass is 79.9. The summed E-state index contributed by atoms with van der Waals surface area (Å²) >= 11 is 3.33. The lowest BCUT2D eigenvalue weighted by molar-refractivity contribution is -0.274. The van der Waals surface area contributed by atoms with Gasteiger partial charge in [0.15, 0.2) is 5.65 Å². The van der Waals surface area contributed by atoms with Gasteiger partial charge in [-0.15, -0.1) is 13.2 Å². The van der Waals surface area contributed by atoms with Crippen LogP contribution < -0.4 is 9.64 Å². The lowest BCUT2D eigenvalue weighted by Gasteiger charge is -2.13. The van der Waals surface area contributed by atoms with E-state index in [-0.39, 0.29) is 16.9 Å². The van der Waals surface area contributed by atoms with Crippen molar-refractivity contribution in [3.63, 3.8) is 0 Å². The molecule has 7 nitrogen and oxygen atoms in total. The number of halogens is 4. The highest BCUT2D eigenvalue weighted by Crippen LogP contribution is 2.35. The normalized spacial score (nSPS) is 13.7. The predicted molar refractivity (Wildman–Crippen MR) is 116 cm³/mol. The first-order chi connectivity index (χ1) is 15.6. The summed E-state index contributed by atoms with van der Waals surface area (Å²) in [5.74, 6) is -1.37. The van der Waals surface area contributed by atoms with E-state index in [4.69, 9.17) is 0 Å². The molecule has 0 atom stereocenters. The van der Waals surface area contributed by atoms with Gasteiger partial charge in [0.2, 0.25) is 0 Å². The van der Waals surface area contributed by atoms with Crippen molar-refractivity contribution in [2.45, 2.75) is 13.3 Å². The van der Waals surface area contributed by atoms with E-state index in [1.54, 1.807) is 31.2 Å². The van der Waals surface area contributed by atoms with E-state index >= 15 is 0 Å². The summed E-state index contributed by atoms with van der Waals surface area (Å²) in [6.45, 7) is 1.67. The maximum absolute atomic E-state index is 13.3. The molecule has 0 unspecified atom stereocenters. The Labute approximate surface area is 192 Å². The minimum absolute atomic E-state index is 0.159. The molecular formula is C22H12BrF3N4O3. The Balaban J connectivity index is 1.59. The number of aryl methyl sites for hydroxylation is 1. The van der Waals surface area contributed by atoms with E-state index in [1.165, 1.54) is 23.0 Å². The molecule has 33 heavy (non-hydrogen) atoms. The van der Waals surface area contributed by atoms with Gasteiger partial charge in [-0.1, -0.05) is 15.9 Å². The first kappa shape index (κ1) is 21.1. The van der Waals surface area contributed by atoms with Crippen molar-refractivity contribution in [2.24, 2.45) is 0 Å². The standard InChI is InChI=1S/C22H12BrF3N4O3/c1-11-17-18-16(20(31)29(21(18)32)13-4-2-12(23)3-5-13)10-27-19(17)30(28-11)14-6-8-15(9-7-14)33-22(24,25)26/h2-10H,1H3. The molecule has 0 N–H and O–H groups in total. The maximum atomic E-state index is 13.3. The third-order valence-corrected chi connectivity index (χ3v) is 5.65. The van der Waals surface area contributed by atoms with Gasteiger partial charge in [0.25, 0.3) is 11.8 Å². The molecule has 4 aromatic rings. The third kappa shape index (κ3) is 3.54. The van der Waals surface area contributed by atoms with Crippen LogP contribution in [0.5, 0.6) is 5.75 Å². The zero-order valence-electron chi connectivity index (χ0n) is 16.7. The van der Waals surface area contributed by atoms with Crippen LogP contribution in [0.3, 0.4) is 0 Å². The second-order valence-corrected chi connectivity index (χ2v) is 8.12. The van der Waals surface area contributed by atoms with Crippen LogP contribution in [0, 0.1) is 6.92 Å². The summed E-state index contributed by atoms with van der Waals surface area (Å²) in [6.07, 6.45) is -3.48. The summed E-state index contributed by atoms with van der Waals surface area (Å²) in [5.41, 5.74) is 1.93. The molecule has 0 bridgehead atoms. The van der Waals surface area contributed by atoms with E-state index < -0.39 is 18.2 Å². The van der Waals surface area contributed by atoms with Crippen molar-refractivity contribution in [3.05, 3.63) is 76.0 Å². The molecule has 0 radical (unpaired) electrons. The molecule has 2 aromatic carbocycles. The van der Waals surface area contributed by atoms with E-state index in [9.17, 15) is 22.8 Å². The number of carbonyl (C=O) groups excluding carboxylic acids is 2. The van der Waals surface area contributed by atoms with E-state index in [1.807, 2.05) is 0 Å². The van der Waals surface area contributed by atoms with Gasteiger partial charge in [-0.05, 0) is 55.5 Å². The van der Waals surface area contributed by atoms with Gasteiger partial charge < -0.3 is 4.74 Å². The first-order valence-electron chi connectivity index (χ1n) is 9.53. The number of fused-ring (bicyclic) bond motifs is 3. The Morgan fingerprint density at radius 1 is 0.939 bits per heavy atom. The summed E-state index contributed by atoms with van der Waals surface area (Å²) in [6, 6.07) is 11.8. The fourth-order valence-corrected chi connectivity index (χ4v) is 4.02. The molecule has 1 aliphatic rings. The Bertz CT molecular complexity index is 1430. The van der Waals surface area contributed by atoms with Crippen LogP contribution >= 0.6 is 15.9 Å². The van der Waals surface area contributed by atoms with Gasteiger partial charge >= 0.3 is 6.36 Å². The largest absolute Gasteiger partial charge is 0.573 e. The van der Waals surface area contributed by atoms with E-state index in [2.05, 4.69) is 30.7 Å². The number of benzene rings is 2. The average Bonchev–Trinajstić information content (AvgIpc) is 3.22. The molecule has 2 amide bonds. The molecular weight excluding hydrogens is 505 g/mol. The second kappa shape index (κ2) is 7.41. The third-order valence-electron chi connectivity index (χ3n) is 5.12. The Kier molecular flexibility index (Phi) is 4.74. The lowest BCUT2D eigenvalue weighted by Crippen LogP contribution is -2.29. The van der Waals surface area contributed by atoms with Crippen molar-refractivity contribution in [2.75, 3.05) is 4.90 Å². The predicted octanol–water partition coefficient (Wildman–Crippen LogP) is 5.19. The van der Waals surface area contributed by atoms with Crippen molar-refractivity contribution in [3.8, 4) is 11.4 Å². The number of anilines is 1. The van der Waals surface area contributed by atoms with Crippen molar-refractivity contribution < 1.29 is 27.5 Å².